The van der Waals surface area contributed by atoms with Crippen LogP contribution in [-0.2, 0) is 6.54 Å². The molecule has 0 amide bonds. The number of nitrogens with zero attached hydrogens (tertiary/aromatic N) is 3. The van der Waals surface area contributed by atoms with Crippen LogP contribution in [0.2, 0.25) is 0 Å². The third-order valence-electron chi connectivity index (χ3n) is 3.32. The molecule has 98 valence electrons. The van der Waals surface area contributed by atoms with E-state index in [0.717, 1.165) is 43.2 Å². The topological polar surface area (TPSA) is 59.1 Å². The lowest BCUT2D eigenvalue weighted by molar-refractivity contribution is 0.292. The van der Waals surface area contributed by atoms with Crippen LogP contribution in [-0.4, -0.2) is 34.1 Å². The maximum Gasteiger partial charge on any atom is 0.218 e. The molecule has 1 aromatic carbocycles. The molecular formula is C13H21N5. The van der Waals surface area contributed by atoms with Gasteiger partial charge in [-0.3, -0.25) is 5.43 Å². The van der Waals surface area contributed by atoms with Gasteiger partial charge in [-0.1, -0.05) is 26.0 Å². The summed E-state index contributed by atoms with van der Waals surface area (Å²) in [4.78, 5) is 6.85. The number of fused-ring (bicyclic) bond motifs is 1. The van der Waals surface area contributed by atoms with Crippen molar-refractivity contribution in [1.82, 2.24) is 14.5 Å². The van der Waals surface area contributed by atoms with E-state index < -0.39 is 0 Å². The Hall–Kier alpha value is -1.59. The van der Waals surface area contributed by atoms with E-state index in [4.69, 9.17) is 5.84 Å². The van der Waals surface area contributed by atoms with Gasteiger partial charge in [0.05, 0.1) is 11.0 Å². The van der Waals surface area contributed by atoms with Gasteiger partial charge in [0, 0.05) is 13.1 Å². The summed E-state index contributed by atoms with van der Waals surface area (Å²) in [6.07, 6.45) is 0. The van der Waals surface area contributed by atoms with Gasteiger partial charge in [0.25, 0.3) is 0 Å². The van der Waals surface area contributed by atoms with Gasteiger partial charge < -0.3 is 9.47 Å². The first-order valence-electron chi connectivity index (χ1n) is 6.44. The summed E-state index contributed by atoms with van der Waals surface area (Å²) in [5.41, 5.74) is 4.78. The van der Waals surface area contributed by atoms with E-state index in [-0.39, 0.29) is 0 Å². The molecule has 18 heavy (non-hydrogen) atoms. The van der Waals surface area contributed by atoms with Crippen LogP contribution in [0.5, 0.6) is 0 Å². The van der Waals surface area contributed by atoms with Gasteiger partial charge in [-0.05, 0) is 25.2 Å². The second kappa shape index (κ2) is 5.84. The highest BCUT2D eigenvalue weighted by Crippen LogP contribution is 2.18. The molecule has 3 N–H and O–H groups in total. The lowest BCUT2D eigenvalue weighted by Crippen LogP contribution is -2.27. The van der Waals surface area contributed by atoms with Crippen molar-refractivity contribution < 1.29 is 0 Å². The molecule has 0 radical (unpaired) electrons. The van der Waals surface area contributed by atoms with Crippen LogP contribution in [0.1, 0.15) is 13.8 Å². The molecule has 1 aromatic heterocycles. The van der Waals surface area contributed by atoms with Crippen LogP contribution in [0.25, 0.3) is 11.0 Å². The number of hydrogen-bond acceptors (Lipinski definition) is 4. The largest absolute Gasteiger partial charge is 0.308 e. The van der Waals surface area contributed by atoms with E-state index >= 15 is 0 Å². The Labute approximate surface area is 108 Å². The second-order valence-corrected chi connectivity index (χ2v) is 4.25. The van der Waals surface area contributed by atoms with E-state index in [0.29, 0.717) is 0 Å². The molecule has 0 aliphatic heterocycles. The van der Waals surface area contributed by atoms with Gasteiger partial charge in [-0.2, -0.15) is 0 Å². The number of anilines is 1. The SMILES string of the molecule is CCN(CC)CCn1c(NN)nc2ccccc21. The molecule has 2 rings (SSSR count). The quantitative estimate of drug-likeness (QED) is 0.602. The van der Waals surface area contributed by atoms with Crippen molar-refractivity contribution in [3.63, 3.8) is 0 Å². The highest BCUT2D eigenvalue weighted by molar-refractivity contribution is 5.78. The minimum Gasteiger partial charge on any atom is -0.308 e. The average Bonchev–Trinajstić information content (AvgIpc) is 2.78. The maximum atomic E-state index is 5.54. The Kier molecular flexibility index (Phi) is 4.17. The summed E-state index contributed by atoms with van der Waals surface area (Å²) in [5.74, 6) is 6.26. The Bertz CT molecular complexity index is 501. The van der Waals surface area contributed by atoms with Crippen LogP contribution in [0.3, 0.4) is 0 Å². The van der Waals surface area contributed by atoms with E-state index in [1.807, 2.05) is 18.2 Å². The van der Waals surface area contributed by atoms with Crippen molar-refractivity contribution in [3.8, 4) is 0 Å². The number of benzene rings is 1. The van der Waals surface area contributed by atoms with Gasteiger partial charge in [-0.25, -0.2) is 10.8 Å². The Morgan fingerprint density at radius 2 is 2.00 bits per heavy atom. The molecule has 0 aliphatic rings. The summed E-state index contributed by atoms with van der Waals surface area (Å²) in [6, 6.07) is 8.10. The maximum absolute atomic E-state index is 5.54. The summed E-state index contributed by atoms with van der Waals surface area (Å²) in [6.45, 7) is 8.38. The van der Waals surface area contributed by atoms with Gasteiger partial charge in [0.15, 0.2) is 0 Å². The Morgan fingerprint density at radius 3 is 2.67 bits per heavy atom. The van der Waals surface area contributed by atoms with Crippen LogP contribution in [0.15, 0.2) is 24.3 Å². The van der Waals surface area contributed by atoms with Crippen molar-refractivity contribution >= 4 is 17.0 Å². The minimum atomic E-state index is 0.725. The zero-order valence-corrected chi connectivity index (χ0v) is 11.1. The molecule has 0 bridgehead atoms. The zero-order chi connectivity index (χ0) is 13.0. The number of hydrogen-bond donors (Lipinski definition) is 2. The number of para-hydroxylation sites is 2. The molecule has 0 aliphatic carbocycles. The lowest BCUT2D eigenvalue weighted by atomic mass is 10.3. The first kappa shape index (κ1) is 12.9. The molecular weight excluding hydrogens is 226 g/mol. The minimum absolute atomic E-state index is 0.725. The smallest absolute Gasteiger partial charge is 0.218 e. The average molecular weight is 247 g/mol. The summed E-state index contributed by atoms with van der Waals surface area (Å²) in [5, 5.41) is 0. The van der Waals surface area contributed by atoms with E-state index in [1.54, 1.807) is 0 Å². The molecule has 5 heteroatoms. The number of hydrazine groups is 1. The summed E-state index contributed by atoms with van der Waals surface area (Å²) < 4.78 is 2.13. The Balaban J connectivity index is 2.25. The predicted molar refractivity (Wildman–Crippen MR) is 75.3 cm³/mol. The van der Waals surface area contributed by atoms with E-state index in [2.05, 4.69) is 39.8 Å². The normalized spacial score (nSPS) is 11.3. The highest BCUT2D eigenvalue weighted by atomic mass is 15.3. The predicted octanol–water partition coefficient (Wildman–Crippen LogP) is 1.66. The van der Waals surface area contributed by atoms with Crippen LogP contribution >= 0.6 is 0 Å². The number of likely N-dealkylation sites (N-methyl/N-ethyl adjacent to an activating group) is 1. The van der Waals surface area contributed by atoms with Crippen molar-refractivity contribution in [3.05, 3.63) is 24.3 Å². The first-order valence-corrected chi connectivity index (χ1v) is 6.44. The molecule has 2 aromatic rings. The van der Waals surface area contributed by atoms with Crippen molar-refractivity contribution in [2.45, 2.75) is 20.4 Å². The van der Waals surface area contributed by atoms with Gasteiger partial charge in [-0.15, -0.1) is 0 Å². The van der Waals surface area contributed by atoms with Crippen molar-refractivity contribution in [2.75, 3.05) is 25.1 Å². The molecule has 0 atom stereocenters. The monoisotopic (exact) mass is 247 g/mol. The zero-order valence-electron chi connectivity index (χ0n) is 11.1. The molecule has 0 saturated heterocycles. The lowest BCUT2D eigenvalue weighted by Gasteiger charge is -2.19. The number of nitrogens with one attached hydrogen (secondary N) is 1. The molecule has 5 nitrogen and oxygen atoms in total. The molecule has 1 heterocycles. The number of nitrogen functional groups attached to an aromatic ring is 1. The number of rotatable bonds is 6. The summed E-state index contributed by atoms with van der Waals surface area (Å²) in [7, 11) is 0. The van der Waals surface area contributed by atoms with Crippen molar-refractivity contribution in [2.24, 2.45) is 5.84 Å². The number of nitrogens with two attached hydrogens (primary N) is 1. The van der Waals surface area contributed by atoms with Gasteiger partial charge >= 0.3 is 0 Å². The fourth-order valence-electron chi connectivity index (χ4n) is 2.19. The molecule has 0 saturated carbocycles. The van der Waals surface area contributed by atoms with Crippen LogP contribution < -0.4 is 11.3 Å². The summed E-state index contributed by atoms with van der Waals surface area (Å²) >= 11 is 0. The van der Waals surface area contributed by atoms with E-state index in [9.17, 15) is 0 Å². The second-order valence-electron chi connectivity index (χ2n) is 4.25. The highest BCUT2D eigenvalue weighted by Gasteiger charge is 2.09. The molecule has 0 spiro atoms. The van der Waals surface area contributed by atoms with Crippen LogP contribution in [0.4, 0.5) is 5.95 Å². The van der Waals surface area contributed by atoms with Gasteiger partial charge in [0.2, 0.25) is 5.95 Å². The Morgan fingerprint density at radius 1 is 1.28 bits per heavy atom. The standard InChI is InChI=1S/C13H21N5/c1-3-17(4-2)9-10-18-12-8-6-5-7-11(12)15-13(18)16-14/h5-8H,3-4,9-10,14H2,1-2H3,(H,15,16). The third-order valence-corrected chi connectivity index (χ3v) is 3.32. The number of aromatic nitrogens is 2. The third kappa shape index (κ3) is 2.47. The fraction of sp³-hybridized carbons (Fsp3) is 0.462. The van der Waals surface area contributed by atoms with Crippen LogP contribution in [0, 0.1) is 0 Å². The van der Waals surface area contributed by atoms with Crippen molar-refractivity contribution in [1.29, 1.82) is 0 Å². The fourth-order valence-corrected chi connectivity index (χ4v) is 2.19. The number of imidazole rings is 1. The molecule has 0 fully saturated rings. The first-order chi connectivity index (χ1) is 8.80. The van der Waals surface area contributed by atoms with E-state index in [1.165, 1.54) is 0 Å². The molecule has 0 unspecified atom stereocenters. The van der Waals surface area contributed by atoms with Gasteiger partial charge in [0.1, 0.15) is 0 Å².